The van der Waals surface area contributed by atoms with Gasteiger partial charge in [0, 0.05) is 73.4 Å². The molecule has 7 rings (SSSR count). The van der Waals surface area contributed by atoms with E-state index < -0.39 is 0 Å². The van der Waals surface area contributed by atoms with Crippen LogP contribution in [0.15, 0.2) is 60.2 Å². The van der Waals surface area contributed by atoms with E-state index in [0.29, 0.717) is 35.5 Å². The highest BCUT2D eigenvalue weighted by molar-refractivity contribution is 7.14. The molecule has 6 heterocycles. The highest BCUT2D eigenvalue weighted by Gasteiger charge is 2.34. The van der Waals surface area contributed by atoms with Gasteiger partial charge in [0.15, 0.2) is 5.82 Å². The van der Waals surface area contributed by atoms with Gasteiger partial charge in [0.1, 0.15) is 5.82 Å². The maximum atomic E-state index is 13.8. The Labute approximate surface area is 308 Å². The molecule has 3 aromatic heterocycles. The van der Waals surface area contributed by atoms with Gasteiger partial charge >= 0.3 is 0 Å². The van der Waals surface area contributed by atoms with Crippen LogP contribution < -0.4 is 26.0 Å². The first-order valence-corrected chi connectivity index (χ1v) is 18.6. The second kappa shape index (κ2) is 13.9. The van der Waals surface area contributed by atoms with Crippen molar-refractivity contribution in [1.29, 1.82) is 0 Å². The Morgan fingerprint density at radius 1 is 1.12 bits per heavy atom. The molecule has 3 aliphatic heterocycles. The SMILES string of the molecule is C=CC(=O)Nc1cc(Nc2nc(-c3ccnc(N4CCc5cc(C(C)(C)C)sc5C4=O)c3C)cn(C)c2=O)ccc1N1CCN(C2COC2)C[C@@H]1C. The number of rotatable bonds is 8. The fraction of sp³-hybridized carbons (Fsp3) is 0.410. The zero-order valence-corrected chi connectivity index (χ0v) is 31.5. The average Bonchev–Trinajstić information content (AvgIpc) is 3.54. The number of hydrogen-bond donors (Lipinski definition) is 2. The van der Waals surface area contributed by atoms with Gasteiger partial charge in [-0.05, 0) is 67.7 Å². The minimum Gasteiger partial charge on any atom is -0.378 e. The first-order valence-electron chi connectivity index (χ1n) is 17.7. The molecule has 0 bridgehead atoms. The Bertz CT molecular complexity index is 2110. The standard InChI is InChI=1S/C39H46N8O4S/c1-8-33(48)42-29-18-26(9-10-31(29)46-16-15-45(19-23(46)2)27-21-51-22-27)41-35-38(50)44(7)20-30(43-35)28-11-13-40-36(24(28)3)47-14-12-25-17-32(39(4,5)6)52-34(25)37(47)49/h8-11,13,17-18,20,23,27H,1,12,14-16,19,21-22H2,2-7H3,(H,41,43)(H,42,48)/t23-/m0/s1. The van der Waals surface area contributed by atoms with Gasteiger partial charge in [-0.3, -0.25) is 24.2 Å². The van der Waals surface area contributed by atoms with Gasteiger partial charge in [-0.1, -0.05) is 27.4 Å². The average molecular weight is 723 g/mol. The Hall–Kier alpha value is -4.85. The topological polar surface area (TPSA) is 125 Å². The first-order chi connectivity index (χ1) is 24.8. The van der Waals surface area contributed by atoms with E-state index in [2.05, 4.69) is 65.8 Å². The van der Waals surface area contributed by atoms with Crippen molar-refractivity contribution in [3.8, 4) is 11.3 Å². The molecule has 1 aromatic carbocycles. The van der Waals surface area contributed by atoms with E-state index in [0.717, 1.165) is 66.5 Å². The summed E-state index contributed by atoms with van der Waals surface area (Å²) in [4.78, 5) is 57.8. The van der Waals surface area contributed by atoms with Crippen molar-refractivity contribution in [3.63, 3.8) is 0 Å². The molecular weight excluding hydrogens is 677 g/mol. The van der Waals surface area contributed by atoms with Gasteiger partial charge in [0.25, 0.3) is 11.5 Å². The molecule has 2 amide bonds. The number of nitrogens with one attached hydrogen (secondary N) is 2. The highest BCUT2D eigenvalue weighted by atomic mass is 32.1. The van der Waals surface area contributed by atoms with Crippen molar-refractivity contribution < 1.29 is 14.3 Å². The molecule has 12 nitrogen and oxygen atoms in total. The number of pyridine rings is 1. The number of amides is 2. The number of hydrogen-bond acceptors (Lipinski definition) is 10. The summed E-state index contributed by atoms with van der Waals surface area (Å²) in [6.45, 7) is 18.9. The zero-order valence-electron chi connectivity index (χ0n) is 30.7. The maximum Gasteiger partial charge on any atom is 0.293 e. The minimum absolute atomic E-state index is 0.0370. The number of aromatic nitrogens is 3. The summed E-state index contributed by atoms with van der Waals surface area (Å²) in [6.07, 6.45) is 5.38. The van der Waals surface area contributed by atoms with E-state index in [4.69, 9.17) is 9.72 Å². The summed E-state index contributed by atoms with van der Waals surface area (Å²) in [6, 6.07) is 10.4. The van der Waals surface area contributed by atoms with Crippen LogP contribution in [0.4, 0.5) is 28.7 Å². The number of fused-ring (bicyclic) bond motifs is 1. The third-order valence-electron chi connectivity index (χ3n) is 10.2. The summed E-state index contributed by atoms with van der Waals surface area (Å²) in [7, 11) is 1.69. The van der Waals surface area contributed by atoms with Crippen molar-refractivity contribution in [3.05, 3.63) is 86.6 Å². The van der Waals surface area contributed by atoms with Gasteiger partial charge in [-0.25, -0.2) is 9.97 Å². The molecule has 13 heteroatoms. The Balaban J connectivity index is 1.17. The quantitative estimate of drug-likeness (QED) is 0.227. The molecule has 3 aliphatic rings. The third kappa shape index (κ3) is 6.75. The molecule has 272 valence electrons. The molecule has 2 saturated heterocycles. The number of carbonyl (C=O) groups is 2. The predicted octanol–water partition coefficient (Wildman–Crippen LogP) is 5.49. The van der Waals surface area contributed by atoms with Gasteiger partial charge in [-0.15, -0.1) is 11.3 Å². The molecule has 0 spiro atoms. The molecule has 4 aromatic rings. The summed E-state index contributed by atoms with van der Waals surface area (Å²) in [5, 5.41) is 6.19. The Morgan fingerprint density at radius 3 is 2.60 bits per heavy atom. The number of benzene rings is 1. The van der Waals surface area contributed by atoms with Crippen LogP contribution in [0.5, 0.6) is 0 Å². The second-order valence-corrected chi connectivity index (χ2v) is 16.0. The van der Waals surface area contributed by atoms with Crippen LogP contribution >= 0.6 is 11.3 Å². The molecule has 0 unspecified atom stereocenters. The number of nitrogens with zero attached hydrogens (tertiary/aromatic N) is 6. The first kappa shape index (κ1) is 35.5. The second-order valence-electron chi connectivity index (χ2n) is 14.9. The van der Waals surface area contributed by atoms with Crippen LogP contribution in [0.3, 0.4) is 0 Å². The summed E-state index contributed by atoms with van der Waals surface area (Å²) >= 11 is 1.57. The van der Waals surface area contributed by atoms with Gasteiger partial charge in [0.05, 0.1) is 41.2 Å². The molecular formula is C39H46N8O4S. The van der Waals surface area contributed by atoms with Crippen LogP contribution in [-0.2, 0) is 28.4 Å². The Kier molecular flexibility index (Phi) is 9.53. The van der Waals surface area contributed by atoms with Crippen molar-refractivity contribution in [1.82, 2.24) is 19.4 Å². The molecule has 0 saturated carbocycles. The normalized spacial score (nSPS) is 18.2. The van der Waals surface area contributed by atoms with E-state index in [-0.39, 0.29) is 34.6 Å². The number of thiophene rings is 1. The lowest BCUT2D eigenvalue weighted by Crippen LogP contribution is -2.59. The smallest absolute Gasteiger partial charge is 0.293 e. The summed E-state index contributed by atoms with van der Waals surface area (Å²) in [5.74, 6) is 0.340. The van der Waals surface area contributed by atoms with E-state index >= 15 is 0 Å². The number of ether oxygens (including phenoxy) is 1. The number of piperazine rings is 1. The maximum absolute atomic E-state index is 13.8. The van der Waals surface area contributed by atoms with E-state index in [1.165, 1.54) is 15.5 Å². The fourth-order valence-corrected chi connectivity index (χ4v) is 8.33. The fourth-order valence-electron chi connectivity index (χ4n) is 7.11. The Morgan fingerprint density at radius 2 is 1.90 bits per heavy atom. The number of aryl methyl sites for hydroxylation is 1. The van der Waals surface area contributed by atoms with Crippen molar-refractivity contribution in [2.24, 2.45) is 7.05 Å². The van der Waals surface area contributed by atoms with Crippen LogP contribution in [0.1, 0.15) is 53.4 Å². The molecule has 1 atom stereocenters. The molecule has 2 fully saturated rings. The van der Waals surface area contributed by atoms with Gasteiger partial charge in [0.2, 0.25) is 5.91 Å². The van der Waals surface area contributed by atoms with Crippen molar-refractivity contribution in [2.45, 2.75) is 58.5 Å². The molecule has 52 heavy (non-hydrogen) atoms. The van der Waals surface area contributed by atoms with Gasteiger partial charge < -0.3 is 24.8 Å². The highest BCUT2D eigenvalue weighted by Crippen LogP contribution is 2.38. The van der Waals surface area contributed by atoms with Crippen LogP contribution in [0.2, 0.25) is 0 Å². The predicted molar refractivity (Wildman–Crippen MR) is 207 cm³/mol. The van der Waals surface area contributed by atoms with Crippen molar-refractivity contribution in [2.75, 3.05) is 59.8 Å². The molecule has 0 radical (unpaired) electrons. The lowest BCUT2D eigenvalue weighted by atomic mass is 9.93. The third-order valence-corrected chi connectivity index (χ3v) is 11.8. The number of carbonyl (C=O) groups excluding carboxylic acids is 2. The van der Waals surface area contributed by atoms with Crippen molar-refractivity contribution >= 4 is 51.8 Å². The van der Waals surface area contributed by atoms with Gasteiger partial charge in [-0.2, -0.15) is 0 Å². The molecule has 0 aliphatic carbocycles. The van der Waals surface area contributed by atoms with E-state index in [9.17, 15) is 14.4 Å². The van der Waals surface area contributed by atoms with Crippen LogP contribution in [0, 0.1) is 6.92 Å². The lowest BCUT2D eigenvalue weighted by Gasteiger charge is -2.46. The van der Waals surface area contributed by atoms with E-state index in [1.54, 1.807) is 35.7 Å². The zero-order chi connectivity index (χ0) is 36.9. The lowest BCUT2D eigenvalue weighted by molar-refractivity contribution is -0.111. The molecule has 2 N–H and O–H groups in total. The largest absolute Gasteiger partial charge is 0.378 e. The minimum atomic E-state index is -0.326. The number of anilines is 5. The summed E-state index contributed by atoms with van der Waals surface area (Å²) in [5.41, 5.74) is 4.96. The van der Waals surface area contributed by atoms with Crippen LogP contribution in [0.25, 0.3) is 11.3 Å². The van der Waals surface area contributed by atoms with E-state index in [1.807, 2.05) is 31.2 Å². The van der Waals surface area contributed by atoms with Crippen LogP contribution in [-0.4, -0.2) is 82.7 Å². The summed E-state index contributed by atoms with van der Waals surface area (Å²) < 4.78 is 6.91. The monoisotopic (exact) mass is 722 g/mol.